The lowest BCUT2D eigenvalue weighted by Crippen LogP contribution is -2.40. The number of anilines is 3. The molecule has 0 aliphatic rings. The number of aromatic hydroxyl groups is 1. The first kappa shape index (κ1) is 15.2. The second-order valence-corrected chi connectivity index (χ2v) is 5.98. The zero-order valence-corrected chi connectivity index (χ0v) is 13.0. The molecule has 0 aliphatic carbocycles. The number of nitrogen functional groups attached to an aromatic ring is 1. The van der Waals surface area contributed by atoms with E-state index in [4.69, 9.17) is 5.73 Å². The topological polar surface area (TPSA) is 49.5 Å². The highest BCUT2D eigenvalue weighted by Gasteiger charge is 2.29. The summed E-state index contributed by atoms with van der Waals surface area (Å²) in [5.74, 6) is 0.290. The quantitative estimate of drug-likeness (QED) is 0.783. The molecule has 0 radical (unpaired) electrons. The fraction of sp³-hybridized carbons (Fsp3) is 0.333. The Morgan fingerprint density at radius 3 is 2.24 bits per heavy atom. The van der Waals surface area contributed by atoms with E-state index in [1.165, 1.54) is 0 Å². The Kier molecular flexibility index (Phi) is 4.41. The van der Waals surface area contributed by atoms with Crippen LogP contribution in [0.4, 0.5) is 17.1 Å². The van der Waals surface area contributed by atoms with Crippen molar-refractivity contribution in [1.29, 1.82) is 0 Å². The number of hydrogen-bond acceptors (Lipinski definition) is 3. The maximum Gasteiger partial charge on any atom is 0.139 e. The molecule has 0 unspecified atom stereocenters. The zero-order valence-electron chi connectivity index (χ0n) is 13.0. The smallest absolute Gasteiger partial charge is 0.139 e. The van der Waals surface area contributed by atoms with E-state index in [0.29, 0.717) is 5.75 Å². The van der Waals surface area contributed by atoms with Crippen LogP contribution in [0.1, 0.15) is 33.6 Å². The number of hydrogen-bond donors (Lipinski definition) is 2. The molecule has 0 saturated heterocycles. The number of nitrogens with two attached hydrogens (primary N) is 1. The molecular formula is C18H24N2O. The summed E-state index contributed by atoms with van der Waals surface area (Å²) in [5, 5.41) is 10.3. The average molecular weight is 284 g/mol. The van der Waals surface area contributed by atoms with Crippen LogP contribution in [0, 0.1) is 0 Å². The maximum absolute atomic E-state index is 10.3. The molecule has 112 valence electrons. The summed E-state index contributed by atoms with van der Waals surface area (Å²) in [6, 6.07) is 15.2. The molecule has 3 nitrogen and oxygen atoms in total. The molecule has 0 fully saturated rings. The summed E-state index contributed by atoms with van der Waals surface area (Å²) in [4.78, 5) is 2.19. The number of nitrogens with zero attached hydrogens (tertiary/aromatic N) is 1. The Morgan fingerprint density at radius 2 is 1.67 bits per heavy atom. The molecule has 2 aromatic carbocycles. The summed E-state index contributed by atoms with van der Waals surface area (Å²) in [6.45, 7) is 6.56. The minimum Gasteiger partial charge on any atom is -0.506 e. The lowest BCUT2D eigenvalue weighted by molar-refractivity contribution is 0.440. The molecule has 0 aromatic heterocycles. The summed E-state index contributed by atoms with van der Waals surface area (Å²) in [6.07, 6.45) is 2.10. The third-order valence-electron chi connectivity index (χ3n) is 3.74. The van der Waals surface area contributed by atoms with Crippen LogP contribution in [0.3, 0.4) is 0 Å². The van der Waals surface area contributed by atoms with E-state index in [9.17, 15) is 5.11 Å². The molecule has 0 spiro atoms. The van der Waals surface area contributed by atoms with Crippen LogP contribution in [0.2, 0.25) is 0 Å². The van der Waals surface area contributed by atoms with Gasteiger partial charge < -0.3 is 15.7 Å². The molecule has 0 amide bonds. The molecular weight excluding hydrogens is 260 g/mol. The molecule has 2 aromatic rings. The number of phenolic OH excluding ortho intramolecular Hbond substituents is 1. The van der Waals surface area contributed by atoms with Crippen molar-refractivity contribution in [2.75, 3.05) is 10.6 Å². The second-order valence-electron chi connectivity index (χ2n) is 5.98. The highest BCUT2D eigenvalue weighted by Crippen LogP contribution is 2.40. The van der Waals surface area contributed by atoms with Gasteiger partial charge in [0.15, 0.2) is 0 Å². The van der Waals surface area contributed by atoms with Crippen molar-refractivity contribution in [2.45, 2.75) is 39.2 Å². The third-order valence-corrected chi connectivity index (χ3v) is 3.74. The standard InChI is InChI=1S/C18H24N2O/c1-4-13-18(2,3)20(15-11-9-14(19)10-12-15)16-7-5-6-8-17(16)21/h5-12,21H,4,13,19H2,1-3H3. The fourth-order valence-corrected chi connectivity index (χ4v) is 2.81. The van der Waals surface area contributed by atoms with Crippen molar-refractivity contribution < 1.29 is 5.11 Å². The average Bonchev–Trinajstić information content (AvgIpc) is 2.43. The normalized spacial score (nSPS) is 11.4. The molecule has 0 heterocycles. The van der Waals surface area contributed by atoms with Gasteiger partial charge in [0.05, 0.1) is 5.69 Å². The van der Waals surface area contributed by atoms with E-state index in [1.807, 2.05) is 42.5 Å². The first-order chi connectivity index (χ1) is 9.95. The van der Waals surface area contributed by atoms with Gasteiger partial charge in [-0.1, -0.05) is 25.5 Å². The van der Waals surface area contributed by atoms with Gasteiger partial charge in [0.25, 0.3) is 0 Å². The van der Waals surface area contributed by atoms with Crippen molar-refractivity contribution in [1.82, 2.24) is 0 Å². The molecule has 3 heteroatoms. The molecule has 21 heavy (non-hydrogen) atoms. The number of rotatable bonds is 5. The number of benzene rings is 2. The molecule has 0 atom stereocenters. The van der Waals surface area contributed by atoms with Crippen molar-refractivity contribution in [3.05, 3.63) is 48.5 Å². The molecule has 2 rings (SSSR count). The fourth-order valence-electron chi connectivity index (χ4n) is 2.81. The van der Waals surface area contributed by atoms with E-state index >= 15 is 0 Å². The SMILES string of the molecule is CCCC(C)(C)N(c1ccc(N)cc1)c1ccccc1O. The first-order valence-electron chi connectivity index (χ1n) is 7.39. The van der Waals surface area contributed by atoms with E-state index in [-0.39, 0.29) is 5.54 Å². The van der Waals surface area contributed by atoms with Crippen LogP contribution in [-0.2, 0) is 0 Å². The first-order valence-corrected chi connectivity index (χ1v) is 7.39. The minimum absolute atomic E-state index is 0.107. The third kappa shape index (κ3) is 3.30. The Labute approximate surface area is 127 Å². The van der Waals surface area contributed by atoms with Crippen molar-refractivity contribution in [3.8, 4) is 5.75 Å². The monoisotopic (exact) mass is 284 g/mol. The van der Waals surface area contributed by atoms with Crippen LogP contribution in [0.15, 0.2) is 48.5 Å². The Hall–Kier alpha value is -2.16. The van der Waals surface area contributed by atoms with E-state index in [2.05, 4.69) is 25.7 Å². The van der Waals surface area contributed by atoms with Crippen molar-refractivity contribution >= 4 is 17.1 Å². The lowest BCUT2D eigenvalue weighted by atomic mass is 9.94. The highest BCUT2D eigenvalue weighted by molar-refractivity contribution is 5.71. The summed E-state index contributed by atoms with van der Waals surface area (Å²) in [5.41, 5.74) is 8.28. The van der Waals surface area contributed by atoms with Gasteiger partial charge in [-0.15, -0.1) is 0 Å². The van der Waals surface area contributed by atoms with Crippen LogP contribution in [-0.4, -0.2) is 10.6 Å². The summed E-state index contributed by atoms with van der Waals surface area (Å²) < 4.78 is 0. The van der Waals surface area contributed by atoms with Gasteiger partial charge in [0.2, 0.25) is 0 Å². The highest BCUT2D eigenvalue weighted by atomic mass is 16.3. The maximum atomic E-state index is 10.3. The number of phenols is 1. The van der Waals surface area contributed by atoms with Crippen LogP contribution < -0.4 is 10.6 Å². The predicted octanol–water partition coefficient (Wildman–Crippen LogP) is 4.69. The van der Waals surface area contributed by atoms with Crippen LogP contribution in [0.25, 0.3) is 0 Å². The van der Waals surface area contributed by atoms with Gasteiger partial charge in [-0.25, -0.2) is 0 Å². The van der Waals surface area contributed by atoms with Crippen molar-refractivity contribution in [2.24, 2.45) is 0 Å². The van der Waals surface area contributed by atoms with E-state index < -0.39 is 0 Å². The van der Waals surface area contributed by atoms with Crippen molar-refractivity contribution in [3.63, 3.8) is 0 Å². The van der Waals surface area contributed by atoms with Gasteiger partial charge in [-0.3, -0.25) is 0 Å². The minimum atomic E-state index is -0.107. The second kappa shape index (κ2) is 6.08. The Balaban J connectivity index is 2.54. The summed E-state index contributed by atoms with van der Waals surface area (Å²) >= 11 is 0. The zero-order chi connectivity index (χ0) is 15.5. The largest absolute Gasteiger partial charge is 0.506 e. The molecule has 0 aliphatic heterocycles. The van der Waals surface area contributed by atoms with Crippen LogP contribution >= 0.6 is 0 Å². The number of para-hydroxylation sites is 2. The molecule has 0 saturated carbocycles. The summed E-state index contributed by atoms with van der Waals surface area (Å²) in [7, 11) is 0. The molecule has 0 bridgehead atoms. The van der Waals surface area contributed by atoms with E-state index in [1.54, 1.807) is 6.07 Å². The van der Waals surface area contributed by atoms with Crippen LogP contribution in [0.5, 0.6) is 5.75 Å². The Morgan fingerprint density at radius 1 is 1.05 bits per heavy atom. The van der Waals surface area contributed by atoms with Gasteiger partial charge in [-0.05, 0) is 56.7 Å². The van der Waals surface area contributed by atoms with Gasteiger partial charge in [-0.2, -0.15) is 0 Å². The lowest BCUT2D eigenvalue weighted by Gasteiger charge is -2.41. The predicted molar refractivity (Wildman–Crippen MR) is 90.1 cm³/mol. The Bertz CT molecular complexity index is 590. The van der Waals surface area contributed by atoms with Gasteiger partial charge in [0, 0.05) is 16.9 Å². The van der Waals surface area contributed by atoms with E-state index in [0.717, 1.165) is 29.9 Å². The molecule has 3 N–H and O–H groups in total. The van der Waals surface area contributed by atoms with Gasteiger partial charge >= 0.3 is 0 Å². The van der Waals surface area contributed by atoms with Gasteiger partial charge in [0.1, 0.15) is 5.75 Å².